The van der Waals surface area contributed by atoms with Gasteiger partial charge >= 0.3 is 12.0 Å². The SMILES string of the molecule is O=C(NCCc1ccc(Cl)cc1Cl)N[C@@H](CCO)C(=O)O. The largest absolute Gasteiger partial charge is 0.480 e. The van der Waals surface area contributed by atoms with Gasteiger partial charge in [-0.05, 0) is 24.1 Å². The standard InChI is InChI=1S/C13H16Cl2N2O4/c14-9-2-1-8(10(15)7-9)3-5-16-13(21)17-11(4-6-18)12(19)20/h1-2,7,11,18H,3-6H2,(H,19,20)(H2,16,17,21)/t11-/m0/s1. The van der Waals surface area contributed by atoms with Crippen molar-refractivity contribution in [2.24, 2.45) is 0 Å². The van der Waals surface area contributed by atoms with E-state index in [9.17, 15) is 9.59 Å². The molecule has 0 unspecified atom stereocenters. The number of hydrogen-bond donors (Lipinski definition) is 4. The van der Waals surface area contributed by atoms with Crippen LogP contribution in [0.3, 0.4) is 0 Å². The maximum absolute atomic E-state index is 11.5. The smallest absolute Gasteiger partial charge is 0.326 e. The van der Waals surface area contributed by atoms with Gasteiger partial charge in [0, 0.05) is 29.6 Å². The van der Waals surface area contributed by atoms with Gasteiger partial charge in [0.2, 0.25) is 0 Å². The van der Waals surface area contributed by atoms with E-state index in [1.807, 2.05) is 0 Å². The lowest BCUT2D eigenvalue weighted by Crippen LogP contribution is -2.46. The Kier molecular flexibility index (Phi) is 7.28. The molecule has 0 aliphatic heterocycles. The van der Waals surface area contributed by atoms with Crippen molar-refractivity contribution < 1.29 is 19.8 Å². The zero-order valence-corrected chi connectivity index (χ0v) is 12.6. The number of nitrogens with one attached hydrogen (secondary N) is 2. The van der Waals surface area contributed by atoms with Crippen LogP contribution in [0.25, 0.3) is 0 Å². The van der Waals surface area contributed by atoms with Crippen molar-refractivity contribution in [3.8, 4) is 0 Å². The first kappa shape index (κ1) is 17.6. The summed E-state index contributed by atoms with van der Waals surface area (Å²) in [5.74, 6) is -1.19. The number of amides is 2. The van der Waals surface area contributed by atoms with Crippen molar-refractivity contribution in [3.63, 3.8) is 0 Å². The number of rotatable bonds is 7. The monoisotopic (exact) mass is 334 g/mol. The first-order valence-corrected chi connectivity index (χ1v) is 7.01. The predicted octanol–water partition coefficient (Wildman–Crippen LogP) is 1.67. The van der Waals surface area contributed by atoms with Gasteiger partial charge in [-0.25, -0.2) is 9.59 Å². The van der Waals surface area contributed by atoms with E-state index in [0.29, 0.717) is 23.0 Å². The van der Waals surface area contributed by atoms with E-state index in [4.69, 9.17) is 33.4 Å². The minimum atomic E-state index is -1.19. The number of aliphatic hydroxyl groups is 1. The molecule has 8 heteroatoms. The normalized spacial score (nSPS) is 11.8. The molecule has 0 spiro atoms. The van der Waals surface area contributed by atoms with E-state index in [0.717, 1.165) is 5.56 Å². The summed E-state index contributed by atoms with van der Waals surface area (Å²) in [6, 6.07) is 3.34. The van der Waals surface area contributed by atoms with Crippen LogP contribution in [0, 0.1) is 0 Å². The summed E-state index contributed by atoms with van der Waals surface area (Å²) >= 11 is 11.8. The van der Waals surface area contributed by atoms with Gasteiger partial charge in [-0.3, -0.25) is 0 Å². The van der Waals surface area contributed by atoms with Crippen LogP contribution in [0.15, 0.2) is 18.2 Å². The molecule has 1 rings (SSSR count). The molecule has 116 valence electrons. The Morgan fingerprint density at radius 2 is 2.00 bits per heavy atom. The number of carbonyl (C=O) groups excluding carboxylic acids is 1. The van der Waals surface area contributed by atoms with E-state index in [2.05, 4.69) is 10.6 Å². The number of aliphatic hydroxyl groups excluding tert-OH is 1. The fourth-order valence-electron chi connectivity index (χ4n) is 1.63. The fraction of sp³-hybridized carbons (Fsp3) is 0.385. The lowest BCUT2D eigenvalue weighted by atomic mass is 10.1. The van der Waals surface area contributed by atoms with Crippen LogP contribution in [-0.4, -0.2) is 41.4 Å². The molecule has 0 saturated heterocycles. The van der Waals surface area contributed by atoms with E-state index in [1.54, 1.807) is 18.2 Å². The summed E-state index contributed by atoms with van der Waals surface area (Å²) in [5.41, 5.74) is 0.825. The van der Waals surface area contributed by atoms with Gasteiger partial charge in [-0.15, -0.1) is 0 Å². The molecule has 0 aliphatic rings. The van der Waals surface area contributed by atoms with Gasteiger partial charge in [0.05, 0.1) is 0 Å². The average molecular weight is 335 g/mol. The first-order valence-electron chi connectivity index (χ1n) is 6.26. The van der Waals surface area contributed by atoms with Crippen molar-refractivity contribution >= 4 is 35.2 Å². The quantitative estimate of drug-likeness (QED) is 0.609. The Morgan fingerprint density at radius 1 is 1.29 bits per heavy atom. The van der Waals surface area contributed by atoms with Crippen LogP contribution in [-0.2, 0) is 11.2 Å². The third-order valence-electron chi connectivity index (χ3n) is 2.72. The Morgan fingerprint density at radius 3 is 2.57 bits per heavy atom. The zero-order chi connectivity index (χ0) is 15.8. The highest BCUT2D eigenvalue weighted by Crippen LogP contribution is 2.20. The van der Waals surface area contributed by atoms with E-state index < -0.39 is 18.0 Å². The molecular formula is C13H16Cl2N2O4. The molecular weight excluding hydrogens is 319 g/mol. The molecule has 0 saturated carbocycles. The second-order valence-electron chi connectivity index (χ2n) is 4.29. The van der Waals surface area contributed by atoms with Gasteiger partial charge in [0.1, 0.15) is 6.04 Å². The molecule has 4 N–H and O–H groups in total. The van der Waals surface area contributed by atoms with Crippen LogP contribution in [0.5, 0.6) is 0 Å². The highest BCUT2D eigenvalue weighted by Gasteiger charge is 2.18. The number of carboxylic acid groups (broad SMARTS) is 1. The molecule has 0 heterocycles. The van der Waals surface area contributed by atoms with Crippen LogP contribution in [0.2, 0.25) is 10.0 Å². The highest BCUT2D eigenvalue weighted by molar-refractivity contribution is 6.35. The van der Waals surface area contributed by atoms with Gasteiger partial charge < -0.3 is 20.8 Å². The number of halogens is 2. The molecule has 0 radical (unpaired) electrons. The van der Waals surface area contributed by atoms with Gasteiger partial charge in [0.15, 0.2) is 0 Å². The van der Waals surface area contributed by atoms with E-state index in [-0.39, 0.29) is 13.0 Å². The summed E-state index contributed by atoms with van der Waals surface area (Å²) in [7, 11) is 0. The first-order chi connectivity index (χ1) is 9.93. The number of hydrogen-bond acceptors (Lipinski definition) is 3. The minimum Gasteiger partial charge on any atom is -0.480 e. The molecule has 1 atom stereocenters. The Labute approximate surface area is 132 Å². The molecule has 0 aromatic heterocycles. The molecule has 1 aromatic carbocycles. The number of benzene rings is 1. The van der Waals surface area contributed by atoms with Crippen LogP contribution in [0.4, 0.5) is 4.79 Å². The van der Waals surface area contributed by atoms with Crippen LogP contribution < -0.4 is 10.6 Å². The fourth-order valence-corrected chi connectivity index (χ4v) is 2.13. The Hall–Kier alpha value is -1.50. The second kappa shape index (κ2) is 8.71. The summed E-state index contributed by atoms with van der Waals surface area (Å²) < 4.78 is 0. The molecule has 1 aromatic rings. The van der Waals surface area contributed by atoms with Crippen molar-refractivity contribution in [2.45, 2.75) is 18.9 Å². The third-order valence-corrected chi connectivity index (χ3v) is 3.30. The molecule has 0 fully saturated rings. The Bertz CT molecular complexity index is 511. The summed E-state index contributed by atoms with van der Waals surface area (Å²) in [4.78, 5) is 22.4. The van der Waals surface area contributed by atoms with E-state index >= 15 is 0 Å². The number of carboxylic acids is 1. The van der Waals surface area contributed by atoms with E-state index in [1.165, 1.54) is 0 Å². The van der Waals surface area contributed by atoms with Gasteiger partial charge in [-0.1, -0.05) is 29.3 Å². The van der Waals surface area contributed by atoms with Crippen molar-refractivity contribution in [1.29, 1.82) is 0 Å². The molecule has 6 nitrogen and oxygen atoms in total. The van der Waals surface area contributed by atoms with Crippen molar-refractivity contribution in [1.82, 2.24) is 10.6 Å². The number of urea groups is 1. The summed E-state index contributed by atoms with van der Waals surface area (Å²) in [6.45, 7) is -0.0315. The number of aliphatic carboxylic acids is 1. The zero-order valence-electron chi connectivity index (χ0n) is 11.1. The summed E-state index contributed by atoms with van der Waals surface area (Å²) in [6.07, 6.45) is 0.437. The molecule has 21 heavy (non-hydrogen) atoms. The highest BCUT2D eigenvalue weighted by atomic mass is 35.5. The number of carbonyl (C=O) groups is 2. The minimum absolute atomic E-state index is 0.0498. The molecule has 0 aliphatic carbocycles. The van der Waals surface area contributed by atoms with Gasteiger partial charge in [0.25, 0.3) is 0 Å². The van der Waals surface area contributed by atoms with Crippen LogP contribution >= 0.6 is 23.2 Å². The molecule has 0 bridgehead atoms. The summed E-state index contributed by atoms with van der Waals surface area (Å²) in [5, 5.41) is 23.4. The molecule has 2 amide bonds. The Balaban J connectivity index is 2.41. The topological polar surface area (TPSA) is 98.7 Å². The van der Waals surface area contributed by atoms with Gasteiger partial charge in [-0.2, -0.15) is 0 Å². The predicted molar refractivity (Wildman–Crippen MR) is 79.8 cm³/mol. The van der Waals surface area contributed by atoms with Crippen LogP contribution in [0.1, 0.15) is 12.0 Å². The third kappa shape index (κ3) is 6.20. The maximum atomic E-state index is 11.5. The lowest BCUT2D eigenvalue weighted by molar-refractivity contribution is -0.139. The maximum Gasteiger partial charge on any atom is 0.326 e. The van der Waals surface area contributed by atoms with Crippen molar-refractivity contribution in [2.75, 3.05) is 13.2 Å². The van der Waals surface area contributed by atoms with Crippen molar-refractivity contribution in [3.05, 3.63) is 33.8 Å². The lowest BCUT2D eigenvalue weighted by Gasteiger charge is -2.14. The second-order valence-corrected chi connectivity index (χ2v) is 5.13. The average Bonchev–Trinajstić information content (AvgIpc) is 2.40.